The minimum atomic E-state index is -0.935. The van der Waals surface area contributed by atoms with Gasteiger partial charge in [-0.3, -0.25) is 0 Å². The van der Waals surface area contributed by atoms with Gasteiger partial charge in [0.05, 0.1) is 17.7 Å². The van der Waals surface area contributed by atoms with Crippen LogP contribution in [0, 0.1) is 0 Å². The van der Waals surface area contributed by atoms with Crippen molar-refractivity contribution < 1.29 is 14.6 Å². The van der Waals surface area contributed by atoms with E-state index in [0.29, 0.717) is 18.7 Å². The van der Waals surface area contributed by atoms with Crippen molar-refractivity contribution in [2.24, 2.45) is 0 Å². The Morgan fingerprint density at radius 1 is 0.737 bits per heavy atom. The highest BCUT2D eigenvalue weighted by molar-refractivity contribution is 6.17. The summed E-state index contributed by atoms with van der Waals surface area (Å²) in [7, 11) is 0. The first-order valence-corrected chi connectivity index (χ1v) is 12.8. The molecule has 1 aromatic heterocycles. The molecule has 0 bridgehead atoms. The Morgan fingerprint density at radius 3 is 2.26 bits per heavy atom. The number of hydrogen-bond acceptors (Lipinski definition) is 2. The van der Waals surface area contributed by atoms with Gasteiger partial charge >= 0.3 is 5.97 Å². The van der Waals surface area contributed by atoms with Crippen LogP contribution in [0.2, 0.25) is 0 Å². The third-order valence-corrected chi connectivity index (χ3v) is 7.02. The van der Waals surface area contributed by atoms with Crippen LogP contribution in [0.15, 0.2) is 121 Å². The summed E-state index contributed by atoms with van der Waals surface area (Å²) < 4.78 is 8.33. The summed E-state index contributed by atoms with van der Waals surface area (Å²) in [6, 6.07) is 40.5. The number of carboxylic acids is 1. The summed E-state index contributed by atoms with van der Waals surface area (Å²) in [6.45, 7) is 1.16. The van der Waals surface area contributed by atoms with Crippen molar-refractivity contribution in [1.29, 1.82) is 0 Å². The number of aromatic nitrogens is 1. The van der Waals surface area contributed by atoms with Gasteiger partial charge in [0.2, 0.25) is 0 Å². The number of nitrogens with zero attached hydrogens (tertiary/aromatic N) is 1. The Morgan fingerprint density at radius 2 is 1.47 bits per heavy atom. The molecule has 0 amide bonds. The van der Waals surface area contributed by atoms with Crippen LogP contribution in [0.5, 0.6) is 5.75 Å². The number of aromatic carboxylic acids is 1. The molecule has 1 heterocycles. The zero-order valence-electron chi connectivity index (χ0n) is 20.9. The maximum atomic E-state index is 12.2. The molecule has 6 aromatic rings. The lowest BCUT2D eigenvalue weighted by atomic mass is 9.99. The number of carbonyl (C=O) groups is 1. The van der Waals surface area contributed by atoms with Crippen LogP contribution in [0.4, 0.5) is 0 Å². The van der Waals surface area contributed by atoms with Crippen molar-refractivity contribution in [1.82, 2.24) is 4.57 Å². The summed E-state index contributed by atoms with van der Waals surface area (Å²) in [4.78, 5) is 12.2. The summed E-state index contributed by atoms with van der Waals surface area (Å²) in [6.07, 6.45) is 0.803. The lowest BCUT2D eigenvalue weighted by Gasteiger charge is -2.13. The first kappa shape index (κ1) is 23.6. The molecular formula is C34H27NO3. The first-order valence-electron chi connectivity index (χ1n) is 12.8. The van der Waals surface area contributed by atoms with Crippen molar-refractivity contribution >= 4 is 27.8 Å². The molecule has 6 rings (SSSR count). The van der Waals surface area contributed by atoms with Gasteiger partial charge in [0, 0.05) is 29.3 Å². The van der Waals surface area contributed by atoms with Gasteiger partial charge < -0.3 is 14.4 Å². The van der Waals surface area contributed by atoms with Gasteiger partial charge in [-0.15, -0.1) is 0 Å². The number of benzene rings is 5. The summed E-state index contributed by atoms with van der Waals surface area (Å²) in [5.74, 6) is -0.202. The normalized spacial score (nSPS) is 11.2. The number of carboxylic acid groups (broad SMARTS) is 1. The minimum absolute atomic E-state index is 0.295. The summed E-state index contributed by atoms with van der Waals surface area (Å²) in [5.41, 5.74) is 6.87. The average Bonchev–Trinajstić information content (AvgIpc) is 3.27. The molecule has 0 aliphatic heterocycles. The van der Waals surface area contributed by atoms with Crippen LogP contribution in [-0.2, 0) is 13.0 Å². The Kier molecular flexibility index (Phi) is 6.37. The maximum Gasteiger partial charge on any atom is 0.336 e. The molecule has 186 valence electrons. The molecule has 5 aromatic carbocycles. The van der Waals surface area contributed by atoms with E-state index in [1.165, 1.54) is 16.7 Å². The van der Waals surface area contributed by atoms with Crippen molar-refractivity contribution in [2.45, 2.75) is 13.0 Å². The van der Waals surface area contributed by atoms with Gasteiger partial charge in [-0.25, -0.2) is 4.79 Å². The van der Waals surface area contributed by atoms with Gasteiger partial charge in [-0.05, 0) is 52.6 Å². The fourth-order valence-electron chi connectivity index (χ4n) is 5.23. The Hall–Kier alpha value is -4.83. The molecule has 38 heavy (non-hydrogen) atoms. The zero-order chi connectivity index (χ0) is 25.9. The van der Waals surface area contributed by atoms with Crippen LogP contribution >= 0.6 is 0 Å². The molecule has 0 spiro atoms. The second kappa shape index (κ2) is 10.3. The zero-order valence-corrected chi connectivity index (χ0v) is 20.9. The second-order valence-corrected chi connectivity index (χ2v) is 9.38. The molecule has 4 heteroatoms. The summed E-state index contributed by atoms with van der Waals surface area (Å²) >= 11 is 0. The van der Waals surface area contributed by atoms with E-state index >= 15 is 0 Å². The average molecular weight is 498 g/mol. The molecule has 1 N–H and O–H groups in total. The van der Waals surface area contributed by atoms with Crippen molar-refractivity contribution in [2.75, 3.05) is 6.61 Å². The molecule has 0 radical (unpaired) electrons. The molecule has 0 aliphatic rings. The maximum absolute atomic E-state index is 12.2. The Labute approximate surface area is 221 Å². The fraction of sp³-hybridized carbons (Fsp3) is 0.0882. The highest BCUT2D eigenvalue weighted by atomic mass is 16.5. The van der Waals surface area contributed by atoms with E-state index in [-0.39, 0.29) is 0 Å². The van der Waals surface area contributed by atoms with Gasteiger partial charge in [0.15, 0.2) is 0 Å². The third kappa shape index (κ3) is 4.53. The molecule has 0 unspecified atom stereocenters. The molecule has 4 nitrogen and oxygen atoms in total. The quantitative estimate of drug-likeness (QED) is 0.233. The highest BCUT2D eigenvalue weighted by Crippen LogP contribution is 2.36. The molecule has 0 fully saturated rings. The van der Waals surface area contributed by atoms with E-state index in [9.17, 15) is 9.90 Å². The number of hydrogen-bond donors (Lipinski definition) is 1. The van der Waals surface area contributed by atoms with Crippen LogP contribution in [0.3, 0.4) is 0 Å². The number of rotatable bonds is 8. The van der Waals surface area contributed by atoms with Gasteiger partial charge in [0.25, 0.3) is 0 Å². The van der Waals surface area contributed by atoms with E-state index in [4.69, 9.17) is 4.74 Å². The highest BCUT2D eigenvalue weighted by Gasteiger charge is 2.19. The van der Waals surface area contributed by atoms with Crippen LogP contribution in [-0.4, -0.2) is 22.2 Å². The predicted molar refractivity (Wildman–Crippen MR) is 153 cm³/mol. The summed E-state index contributed by atoms with van der Waals surface area (Å²) in [5, 5.41) is 11.6. The van der Waals surface area contributed by atoms with Gasteiger partial charge in [-0.2, -0.15) is 0 Å². The standard InChI is InChI=1S/C34H27NO3/c36-34(37)29-16-9-17-32-33(29)30-22-27(38-21-20-24-10-3-1-4-11-24)18-19-31(30)35(32)23-26-14-7-8-15-28(26)25-12-5-2-6-13-25/h1-19,22H,20-21,23H2,(H,36,37). The Balaban J connectivity index is 1.43. The monoisotopic (exact) mass is 497 g/mol. The van der Waals surface area contributed by atoms with Crippen LogP contribution in [0.25, 0.3) is 32.9 Å². The number of fused-ring (bicyclic) bond motifs is 3. The minimum Gasteiger partial charge on any atom is -0.493 e. The van der Waals surface area contributed by atoms with Crippen molar-refractivity contribution in [3.8, 4) is 16.9 Å². The van der Waals surface area contributed by atoms with Gasteiger partial charge in [0.1, 0.15) is 5.75 Å². The van der Waals surface area contributed by atoms with Crippen LogP contribution < -0.4 is 4.74 Å². The lowest BCUT2D eigenvalue weighted by Crippen LogP contribution is -2.02. The third-order valence-electron chi connectivity index (χ3n) is 7.02. The van der Waals surface area contributed by atoms with Gasteiger partial charge in [-0.1, -0.05) is 91.0 Å². The largest absolute Gasteiger partial charge is 0.493 e. The molecule has 0 atom stereocenters. The smallest absolute Gasteiger partial charge is 0.336 e. The van der Waals surface area contributed by atoms with Crippen LogP contribution in [0.1, 0.15) is 21.5 Å². The molecule has 0 saturated heterocycles. The van der Waals surface area contributed by atoms with E-state index < -0.39 is 5.97 Å². The SMILES string of the molecule is O=C(O)c1cccc2c1c1cc(OCCc3ccccc3)ccc1n2Cc1ccccc1-c1ccccc1. The van der Waals surface area contributed by atoms with E-state index in [1.807, 2.05) is 66.7 Å². The lowest BCUT2D eigenvalue weighted by molar-refractivity contribution is 0.0699. The molecular weight excluding hydrogens is 470 g/mol. The fourth-order valence-corrected chi connectivity index (χ4v) is 5.23. The second-order valence-electron chi connectivity index (χ2n) is 9.38. The van der Waals surface area contributed by atoms with Crippen molar-refractivity contribution in [3.05, 3.63) is 138 Å². The Bertz CT molecular complexity index is 1740. The molecule has 0 aliphatic carbocycles. The first-order chi connectivity index (χ1) is 18.7. The van der Waals surface area contributed by atoms with E-state index in [2.05, 4.69) is 53.1 Å². The topological polar surface area (TPSA) is 51.5 Å². The van der Waals surface area contributed by atoms with E-state index in [1.54, 1.807) is 6.07 Å². The van der Waals surface area contributed by atoms with Crippen molar-refractivity contribution in [3.63, 3.8) is 0 Å². The predicted octanol–water partition coefficient (Wildman–Crippen LogP) is 7.83. The molecule has 0 saturated carbocycles. The number of ether oxygens (including phenoxy) is 1. The van der Waals surface area contributed by atoms with E-state index in [0.717, 1.165) is 39.5 Å².